The second-order valence-electron chi connectivity index (χ2n) is 5.30. The molecular formula is C15H22O2Si. The lowest BCUT2D eigenvalue weighted by Gasteiger charge is -2.35. The third-order valence-corrected chi connectivity index (χ3v) is 9.63. The Balaban J connectivity index is 2.25. The molecule has 0 bridgehead atoms. The van der Waals surface area contributed by atoms with Gasteiger partial charge in [0.05, 0.1) is 15.2 Å². The lowest BCUT2D eigenvalue weighted by molar-refractivity contribution is -0.118. The van der Waals surface area contributed by atoms with Crippen molar-refractivity contribution in [1.29, 1.82) is 0 Å². The third kappa shape index (κ3) is 2.66. The van der Waals surface area contributed by atoms with Crippen molar-refractivity contribution in [2.24, 2.45) is 0 Å². The van der Waals surface area contributed by atoms with E-state index in [1.165, 1.54) is 17.7 Å². The summed E-state index contributed by atoms with van der Waals surface area (Å²) < 4.78 is 5.23. The number of hydrogen-bond acceptors (Lipinski definition) is 2. The summed E-state index contributed by atoms with van der Waals surface area (Å²) in [5, 5.41) is 1.51. The molecule has 0 unspecified atom stereocenters. The van der Waals surface area contributed by atoms with Crippen LogP contribution >= 0.6 is 0 Å². The largest absolute Gasteiger partial charge is 0.497 e. The molecule has 1 fully saturated rings. The van der Waals surface area contributed by atoms with Crippen molar-refractivity contribution in [3.63, 3.8) is 0 Å². The fourth-order valence-corrected chi connectivity index (χ4v) is 8.08. The molecule has 0 aromatic heterocycles. The highest BCUT2D eigenvalue weighted by Gasteiger charge is 2.37. The molecule has 0 spiro atoms. The first kappa shape index (κ1) is 13.3. The summed E-state index contributed by atoms with van der Waals surface area (Å²) in [5.41, 5.74) is 0. The van der Waals surface area contributed by atoms with E-state index in [4.69, 9.17) is 4.74 Å². The average Bonchev–Trinajstić information content (AvgIpc) is 2.42. The van der Waals surface area contributed by atoms with E-state index < -0.39 is 8.07 Å². The normalized spacial score (nSPS) is 18.7. The van der Waals surface area contributed by atoms with Gasteiger partial charge < -0.3 is 4.74 Å². The molecule has 0 amide bonds. The van der Waals surface area contributed by atoms with Crippen molar-refractivity contribution in [3.05, 3.63) is 24.3 Å². The van der Waals surface area contributed by atoms with Crippen molar-refractivity contribution in [1.82, 2.24) is 0 Å². The molecule has 1 aliphatic heterocycles. The fraction of sp³-hybridized carbons (Fsp3) is 0.533. The predicted octanol–water partition coefficient (Wildman–Crippen LogP) is 3.12. The van der Waals surface area contributed by atoms with E-state index in [0.717, 1.165) is 30.7 Å². The summed E-state index contributed by atoms with van der Waals surface area (Å²) in [4.78, 5) is 11.5. The van der Waals surface area contributed by atoms with Crippen molar-refractivity contribution >= 4 is 19.0 Å². The van der Waals surface area contributed by atoms with E-state index >= 15 is 0 Å². The van der Waals surface area contributed by atoms with Crippen LogP contribution in [0.1, 0.15) is 26.2 Å². The summed E-state index contributed by atoms with van der Waals surface area (Å²) in [6, 6.07) is 12.2. The molecule has 3 heteroatoms. The smallest absolute Gasteiger partial charge is 0.132 e. The molecule has 0 aliphatic carbocycles. The number of carbonyl (C=O) groups excluding carboxylic acids is 1. The number of ether oxygens (including phenoxy) is 1. The number of rotatable bonds is 4. The molecule has 0 atom stereocenters. The summed E-state index contributed by atoms with van der Waals surface area (Å²) >= 11 is 0. The third-order valence-electron chi connectivity index (χ3n) is 4.20. The molecule has 2 nitrogen and oxygen atoms in total. The zero-order valence-electron chi connectivity index (χ0n) is 11.4. The van der Waals surface area contributed by atoms with E-state index in [9.17, 15) is 4.79 Å². The summed E-state index contributed by atoms with van der Waals surface area (Å²) in [5.74, 6) is 1.38. The highest BCUT2D eigenvalue weighted by Crippen LogP contribution is 2.31. The summed E-state index contributed by atoms with van der Waals surface area (Å²) in [7, 11) is 0.289. The van der Waals surface area contributed by atoms with Gasteiger partial charge in [0.25, 0.3) is 0 Å². The fourth-order valence-electron chi connectivity index (χ4n) is 3.11. The lowest BCUT2D eigenvalue weighted by atomic mass is 10.2. The molecule has 0 saturated carbocycles. The van der Waals surface area contributed by atoms with E-state index in [2.05, 4.69) is 31.2 Å². The summed E-state index contributed by atoms with van der Waals surface area (Å²) in [6.07, 6.45) is 2.84. The minimum Gasteiger partial charge on any atom is -0.497 e. The van der Waals surface area contributed by atoms with E-state index in [1.807, 2.05) is 0 Å². The predicted molar refractivity (Wildman–Crippen MR) is 77.3 cm³/mol. The van der Waals surface area contributed by atoms with Gasteiger partial charge in [-0.05, 0) is 24.2 Å². The average molecular weight is 262 g/mol. The van der Waals surface area contributed by atoms with Gasteiger partial charge in [-0.3, -0.25) is 4.79 Å². The van der Waals surface area contributed by atoms with Gasteiger partial charge in [0.15, 0.2) is 0 Å². The second-order valence-corrected chi connectivity index (χ2v) is 9.94. The molecule has 0 radical (unpaired) electrons. The number of benzene rings is 1. The standard InChI is InChI=1S/C15H22O2Si/c1-3-10-18(11-8-13(16)9-12-18)15-6-4-14(17-2)5-7-15/h4-7H,3,8-12H2,1-2H3. The van der Waals surface area contributed by atoms with Crippen molar-refractivity contribution < 1.29 is 9.53 Å². The number of methoxy groups -OCH3 is 1. The van der Waals surface area contributed by atoms with Gasteiger partial charge in [0.2, 0.25) is 0 Å². The van der Waals surface area contributed by atoms with Crippen LogP contribution in [0.15, 0.2) is 24.3 Å². The molecular weight excluding hydrogens is 240 g/mol. The molecule has 1 saturated heterocycles. The topological polar surface area (TPSA) is 26.3 Å². The van der Waals surface area contributed by atoms with Crippen LogP contribution in [0.3, 0.4) is 0 Å². The van der Waals surface area contributed by atoms with E-state index in [-0.39, 0.29) is 0 Å². The highest BCUT2D eigenvalue weighted by molar-refractivity contribution is 6.92. The van der Waals surface area contributed by atoms with Crippen molar-refractivity contribution in [2.75, 3.05) is 7.11 Å². The molecule has 1 aromatic carbocycles. The lowest BCUT2D eigenvalue weighted by Crippen LogP contribution is -2.50. The monoisotopic (exact) mass is 262 g/mol. The Morgan fingerprint density at radius 3 is 2.28 bits per heavy atom. The van der Waals surface area contributed by atoms with Crippen LogP contribution in [-0.4, -0.2) is 21.0 Å². The van der Waals surface area contributed by atoms with Gasteiger partial charge in [-0.1, -0.05) is 36.7 Å². The van der Waals surface area contributed by atoms with Crippen molar-refractivity contribution in [2.45, 2.75) is 44.3 Å². The van der Waals surface area contributed by atoms with Gasteiger partial charge >= 0.3 is 0 Å². The van der Waals surface area contributed by atoms with Crippen LogP contribution in [0.25, 0.3) is 0 Å². The van der Waals surface area contributed by atoms with Gasteiger partial charge in [0.1, 0.15) is 11.5 Å². The molecule has 2 rings (SSSR count). The SMILES string of the molecule is CCC[Si]1(c2ccc(OC)cc2)CCC(=O)CC1. The van der Waals surface area contributed by atoms with Gasteiger partial charge in [-0.2, -0.15) is 0 Å². The first-order valence-corrected chi connectivity index (χ1v) is 9.48. The van der Waals surface area contributed by atoms with Crippen LogP contribution in [0.5, 0.6) is 5.75 Å². The first-order valence-electron chi connectivity index (χ1n) is 6.86. The summed E-state index contributed by atoms with van der Waals surface area (Å²) in [6.45, 7) is 2.26. The van der Waals surface area contributed by atoms with Crippen LogP contribution in [0, 0.1) is 0 Å². The zero-order chi connectivity index (χ0) is 13.0. The molecule has 1 heterocycles. The maximum Gasteiger partial charge on any atom is 0.132 e. The molecule has 18 heavy (non-hydrogen) atoms. The zero-order valence-corrected chi connectivity index (χ0v) is 12.4. The van der Waals surface area contributed by atoms with E-state index in [1.54, 1.807) is 7.11 Å². The Bertz CT molecular complexity index is 401. The Morgan fingerprint density at radius 2 is 1.78 bits per heavy atom. The Hall–Kier alpha value is -1.09. The number of carbonyl (C=O) groups is 1. The quantitative estimate of drug-likeness (QED) is 0.779. The van der Waals surface area contributed by atoms with Gasteiger partial charge in [-0.25, -0.2) is 0 Å². The maximum absolute atomic E-state index is 11.5. The molecule has 1 aliphatic rings. The Morgan fingerprint density at radius 1 is 1.17 bits per heavy atom. The van der Waals surface area contributed by atoms with Crippen LogP contribution < -0.4 is 9.92 Å². The number of ketones is 1. The highest BCUT2D eigenvalue weighted by atomic mass is 28.3. The van der Waals surface area contributed by atoms with Gasteiger partial charge in [-0.15, -0.1) is 0 Å². The maximum atomic E-state index is 11.5. The minimum absolute atomic E-state index is 0.461. The number of hydrogen-bond donors (Lipinski definition) is 0. The van der Waals surface area contributed by atoms with Crippen LogP contribution in [0.4, 0.5) is 0 Å². The molecule has 0 N–H and O–H groups in total. The molecule has 1 aromatic rings. The number of Topliss-reactive ketones (excluding diaryl/α,β-unsaturated/α-hetero) is 1. The second kappa shape index (κ2) is 5.70. The van der Waals surface area contributed by atoms with Crippen molar-refractivity contribution in [3.8, 4) is 5.75 Å². The van der Waals surface area contributed by atoms with E-state index in [0.29, 0.717) is 5.78 Å². The van der Waals surface area contributed by atoms with Crippen LogP contribution in [-0.2, 0) is 4.79 Å². The molecule has 98 valence electrons. The first-order chi connectivity index (χ1) is 8.70. The Labute approximate surface area is 110 Å². The van der Waals surface area contributed by atoms with Gasteiger partial charge in [0, 0.05) is 12.8 Å². The minimum atomic E-state index is -1.41. The Kier molecular flexibility index (Phi) is 4.22. The van der Waals surface area contributed by atoms with Crippen LogP contribution in [0.2, 0.25) is 18.1 Å².